The summed E-state index contributed by atoms with van der Waals surface area (Å²) >= 11 is 7.00. The van der Waals surface area contributed by atoms with E-state index in [-0.39, 0.29) is 0 Å². The van der Waals surface area contributed by atoms with Crippen LogP contribution in [0.5, 0.6) is 0 Å². The van der Waals surface area contributed by atoms with E-state index >= 15 is 0 Å². The monoisotopic (exact) mass is 529 g/mol. The number of aromatic nitrogens is 2. The molecule has 0 radical (unpaired) electrons. The molecule has 3 aromatic rings. The third-order valence-corrected chi connectivity index (χ3v) is 3.96. The van der Waals surface area contributed by atoms with Crippen LogP contribution in [0.25, 0.3) is 11.4 Å². The Labute approximate surface area is 181 Å². The molecule has 6 heteroatoms. The summed E-state index contributed by atoms with van der Waals surface area (Å²) in [5, 5.41) is 0. The SMILES string of the molecule is CC(=Nc1c(C)cc(C)cc1C)c1cccc(-c2ccccn2)n1.[Br][Fe][Br]. The molecule has 0 aliphatic carbocycles. The zero-order valence-corrected chi connectivity index (χ0v) is 19.9. The van der Waals surface area contributed by atoms with Crippen LogP contribution in [0.4, 0.5) is 5.69 Å². The summed E-state index contributed by atoms with van der Waals surface area (Å²) in [6.07, 6.45) is 1.78. The van der Waals surface area contributed by atoms with E-state index in [1.807, 2.05) is 43.3 Å². The predicted molar refractivity (Wildman–Crippen MR) is 118 cm³/mol. The predicted octanol–water partition coefficient (Wildman–Crippen LogP) is 6.90. The third-order valence-electron chi connectivity index (χ3n) is 3.96. The van der Waals surface area contributed by atoms with Gasteiger partial charge in [0.05, 0.1) is 28.5 Å². The van der Waals surface area contributed by atoms with Gasteiger partial charge in [-0.3, -0.25) is 9.98 Å². The molecule has 0 saturated heterocycles. The van der Waals surface area contributed by atoms with Crippen LogP contribution in [-0.4, -0.2) is 15.7 Å². The van der Waals surface area contributed by atoms with E-state index in [0.717, 1.165) is 39.8 Å². The van der Waals surface area contributed by atoms with Crippen molar-refractivity contribution in [1.29, 1.82) is 0 Å². The van der Waals surface area contributed by atoms with Gasteiger partial charge in [0.15, 0.2) is 0 Å². The fourth-order valence-electron chi connectivity index (χ4n) is 2.87. The maximum absolute atomic E-state index is 4.84. The van der Waals surface area contributed by atoms with E-state index in [1.54, 1.807) is 6.20 Å². The molecule has 2 heterocycles. The first-order valence-corrected chi connectivity index (χ1v) is 13.8. The molecule has 3 nitrogen and oxygen atoms in total. The molecule has 0 fully saturated rings. The summed E-state index contributed by atoms with van der Waals surface area (Å²) in [5.74, 6) is 0. The molecule has 0 saturated carbocycles. The van der Waals surface area contributed by atoms with Crippen molar-refractivity contribution in [3.05, 3.63) is 77.1 Å². The van der Waals surface area contributed by atoms with Gasteiger partial charge in [-0.1, -0.05) is 29.8 Å². The molecule has 0 unspecified atom stereocenters. The molecule has 142 valence electrons. The van der Waals surface area contributed by atoms with Gasteiger partial charge >= 0.3 is 39.6 Å². The van der Waals surface area contributed by atoms with Gasteiger partial charge in [0, 0.05) is 6.20 Å². The fourth-order valence-corrected chi connectivity index (χ4v) is 2.87. The number of pyridine rings is 2. The normalized spacial score (nSPS) is 11.1. The molecule has 0 atom stereocenters. The summed E-state index contributed by atoms with van der Waals surface area (Å²) in [5.41, 5.74) is 8.18. The molecule has 0 N–H and O–H groups in total. The second-order valence-corrected chi connectivity index (χ2v) is 11.7. The van der Waals surface area contributed by atoms with Crippen LogP contribution < -0.4 is 0 Å². The van der Waals surface area contributed by atoms with Crippen LogP contribution in [0.1, 0.15) is 29.3 Å². The number of aryl methyl sites for hydroxylation is 3. The molecule has 1 aromatic carbocycles. The van der Waals surface area contributed by atoms with E-state index in [1.165, 1.54) is 16.7 Å². The zero-order chi connectivity index (χ0) is 19.8. The summed E-state index contributed by atoms with van der Waals surface area (Å²) in [6.45, 7) is 8.31. The topological polar surface area (TPSA) is 38.1 Å². The average molecular weight is 531 g/mol. The van der Waals surface area contributed by atoms with Gasteiger partial charge in [-0.2, -0.15) is 0 Å². The summed E-state index contributed by atoms with van der Waals surface area (Å²) < 4.78 is 0. The quantitative estimate of drug-likeness (QED) is 0.273. The minimum atomic E-state index is 0.861. The minimum absolute atomic E-state index is 0.861. The van der Waals surface area contributed by atoms with Crippen molar-refractivity contribution in [2.45, 2.75) is 27.7 Å². The second kappa shape index (κ2) is 10.9. The molecule has 0 aliphatic rings. The average Bonchev–Trinajstić information content (AvgIpc) is 2.66. The van der Waals surface area contributed by atoms with E-state index in [2.05, 4.69) is 66.1 Å². The Hall–Kier alpha value is -1.33. The van der Waals surface area contributed by atoms with E-state index in [4.69, 9.17) is 9.98 Å². The van der Waals surface area contributed by atoms with Crippen molar-refractivity contribution in [3.8, 4) is 11.4 Å². The molecule has 0 bridgehead atoms. The van der Waals surface area contributed by atoms with Crippen LogP contribution >= 0.6 is 28.2 Å². The van der Waals surface area contributed by atoms with Crippen molar-refractivity contribution in [2.24, 2.45) is 4.99 Å². The molecule has 27 heavy (non-hydrogen) atoms. The van der Waals surface area contributed by atoms with Crippen LogP contribution in [-0.2, 0) is 11.3 Å². The van der Waals surface area contributed by atoms with Gasteiger partial charge < -0.3 is 0 Å². The van der Waals surface area contributed by atoms with Gasteiger partial charge in [-0.25, -0.2) is 4.98 Å². The van der Waals surface area contributed by atoms with Crippen molar-refractivity contribution < 1.29 is 11.3 Å². The van der Waals surface area contributed by atoms with Gasteiger partial charge in [0.25, 0.3) is 0 Å². The zero-order valence-electron chi connectivity index (χ0n) is 15.6. The molecule has 0 spiro atoms. The Kier molecular flexibility index (Phi) is 8.84. The van der Waals surface area contributed by atoms with Crippen LogP contribution in [0, 0.1) is 20.8 Å². The number of rotatable bonds is 3. The van der Waals surface area contributed by atoms with E-state index in [9.17, 15) is 0 Å². The summed E-state index contributed by atoms with van der Waals surface area (Å²) in [7, 11) is 0. The number of halogens is 2. The maximum atomic E-state index is 4.84. The van der Waals surface area contributed by atoms with Crippen molar-refractivity contribution >= 4 is 39.6 Å². The first-order valence-electron chi connectivity index (χ1n) is 8.33. The molecular weight excluding hydrogens is 510 g/mol. The molecule has 2 aromatic heterocycles. The van der Waals surface area contributed by atoms with Gasteiger partial charge in [-0.05, 0) is 63.1 Å². The second-order valence-electron chi connectivity index (χ2n) is 6.12. The third kappa shape index (κ3) is 6.35. The number of hydrogen-bond acceptors (Lipinski definition) is 3. The standard InChI is InChI=1S/C21H21N3.2BrH.Fe/c1-14-12-15(2)21(16(3)13-14)23-17(4)18-9-7-10-20(24-18)19-8-5-6-11-22-19;;;/h5-13H,1-4H3;2*1H;/q;;;+2/p-2. The van der Waals surface area contributed by atoms with Crippen LogP contribution in [0.15, 0.2) is 59.7 Å². The number of nitrogens with zero attached hydrogens (tertiary/aromatic N) is 3. The van der Waals surface area contributed by atoms with Gasteiger partial charge in [0.2, 0.25) is 0 Å². The Morgan fingerprint density at radius 3 is 2.15 bits per heavy atom. The first kappa shape index (κ1) is 22.0. The van der Waals surface area contributed by atoms with Crippen LogP contribution in [0.3, 0.4) is 0 Å². The van der Waals surface area contributed by atoms with Crippen molar-refractivity contribution in [1.82, 2.24) is 9.97 Å². The van der Waals surface area contributed by atoms with E-state index < -0.39 is 0 Å². The number of benzene rings is 1. The Bertz CT molecular complexity index is 905. The molecule has 3 rings (SSSR count). The van der Waals surface area contributed by atoms with Gasteiger partial charge in [0.1, 0.15) is 0 Å². The summed E-state index contributed by atoms with van der Waals surface area (Å²) in [6, 6.07) is 16.1. The van der Waals surface area contributed by atoms with Crippen LogP contribution in [0.2, 0.25) is 0 Å². The fraction of sp³-hybridized carbons (Fsp3) is 0.190. The molecule has 0 amide bonds. The summed E-state index contributed by atoms with van der Waals surface area (Å²) in [4.78, 5) is 13.9. The van der Waals surface area contributed by atoms with Crippen molar-refractivity contribution in [3.63, 3.8) is 0 Å². The first-order chi connectivity index (χ1) is 13.0. The number of hydrogen-bond donors (Lipinski definition) is 0. The Balaban J connectivity index is 0.000000817. The van der Waals surface area contributed by atoms with E-state index in [0.29, 0.717) is 0 Å². The van der Waals surface area contributed by atoms with Gasteiger partial charge in [-0.15, -0.1) is 0 Å². The molecular formula is C21H21Br2FeN3. The molecule has 0 aliphatic heterocycles. The number of aliphatic imine (C=N–C) groups is 1. The van der Waals surface area contributed by atoms with Crippen molar-refractivity contribution in [2.75, 3.05) is 0 Å². The Morgan fingerprint density at radius 2 is 1.56 bits per heavy atom. The Morgan fingerprint density at radius 1 is 0.926 bits per heavy atom.